The Labute approximate surface area is 751 Å². The molecule has 6 nitrogen and oxygen atoms in total. The highest BCUT2D eigenvalue weighted by Gasteiger charge is 2.26. The van der Waals surface area contributed by atoms with Crippen LogP contribution in [0, 0.1) is 12.1 Å². The summed E-state index contributed by atoms with van der Waals surface area (Å²) >= 11 is 0. The summed E-state index contributed by atoms with van der Waals surface area (Å²) in [5.74, 6) is 0. The molecule has 6 heteroatoms. The summed E-state index contributed by atoms with van der Waals surface area (Å²) in [7, 11) is 0. The minimum atomic E-state index is 0.827. The predicted octanol–water partition coefficient (Wildman–Crippen LogP) is 34.4. The third-order valence-corrected chi connectivity index (χ3v) is 26.2. The van der Waals surface area contributed by atoms with Gasteiger partial charge in [-0.2, -0.15) is 0 Å². The molecule has 4 aromatic heterocycles. The second-order valence-corrected chi connectivity index (χ2v) is 33.6. The van der Waals surface area contributed by atoms with Crippen LogP contribution in [0.15, 0.2) is 482 Å². The van der Waals surface area contributed by atoms with Crippen molar-refractivity contribution in [1.29, 1.82) is 0 Å². The zero-order valence-corrected chi connectivity index (χ0v) is 70.6. The fourth-order valence-electron chi connectivity index (χ4n) is 20.2. The number of anilines is 6. The van der Waals surface area contributed by atoms with Gasteiger partial charge in [0.05, 0.1) is 33.6 Å². The Morgan fingerprint density at radius 3 is 1.22 bits per heavy atom. The van der Waals surface area contributed by atoms with Crippen LogP contribution < -0.4 is 9.80 Å². The number of para-hydroxylation sites is 9. The monoisotopic (exact) mass is 1650 g/mol. The minimum Gasteiger partial charge on any atom is -0.455 e. The molecular weight excluding hydrogens is 1580 g/mol. The van der Waals surface area contributed by atoms with E-state index in [9.17, 15) is 0 Å². The quantitative estimate of drug-likeness (QED) is 0.0911. The van der Waals surface area contributed by atoms with Crippen LogP contribution in [0.1, 0.15) is 0 Å². The van der Waals surface area contributed by atoms with Gasteiger partial charge in [0.2, 0.25) is 0 Å². The van der Waals surface area contributed by atoms with E-state index in [1.54, 1.807) is 0 Å². The van der Waals surface area contributed by atoms with E-state index >= 15 is 0 Å². The van der Waals surface area contributed by atoms with Gasteiger partial charge in [0.1, 0.15) is 27.8 Å². The van der Waals surface area contributed by atoms with Crippen LogP contribution in [0.25, 0.3) is 210 Å². The van der Waals surface area contributed by atoms with Crippen LogP contribution in [0.2, 0.25) is 0 Å². The second kappa shape index (κ2) is 31.3. The maximum atomic E-state index is 7.08. The summed E-state index contributed by atoms with van der Waals surface area (Å²) in [4.78, 5) is 4.79. The molecule has 0 saturated carbocycles. The summed E-state index contributed by atoms with van der Waals surface area (Å²) in [5.41, 5.74) is 36.2. The molecule has 0 amide bonds. The molecule has 0 saturated heterocycles. The number of aromatic nitrogens is 2. The molecule has 0 unspecified atom stereocenters. The summed E-state index contributed by atoms with van der Waals surface area (Å²) in [6.45, 7) is 0. The highest BCUT2D eigenvalue weighted by molar-refractivity contribution is 6.14. The van der Waals surface area contributed by atoms with Gasteiger partial charge < -0.3 is 27.8 Å². The molecule has 25 rings (SSSR count). The Balaban J connectivity index is 0.546. The van der Waals surface area contributed by atoms with Gasteiger partial charge in [-0.25, -0.2) is 0 Å². The van der Waals surface area contributed by atoms with Crippen molar-refractivity contribution in [1.82, 2.24) is 9.13 Å². The number of furan rings is 2. The number of fused-ring (bicyclic) bond motifs is 13. The fourth-order valence-corrected chi connectivity index (χ4v) is 20.2. The molecule has 0 aliphatic carbocycles. The van der Waals surface area contributed by atoms with Gasteiger partial charge in [0.15, 0.2) is 0 Å². The van der Waals surface area contributed by atoms with Crippen LogP contribution in [-0.4, -0.2) is 9.13 Å². The first-order valence-electron chi connectivity index (χ1n) is 44.3. The van der Waals surface area contributed by atoms with Gasteiger partial charge in [0, 0.05) is 99.3 Å². The zero-order chi connectivity index (χ0) is 85.7. The van der Waals surface area contributed by atoms with E-state index in [2.05, 4.69) is 492 Å². The third kappa shape index (κ3) is 12.8. The normalized spacial score (nSPS) is 11.6. The molecule has 0 radical (unpaired) electrons. The van der Waals surface area contributed by atoms with Crippen LogP contribution in [0.5, 0.6) is 0 Å². The maximum Gasteiger partial charge on any atom is 0.143 e. The van der Waals surface area contributed by atoms with Crippen molar-refractivity contribution in [2.75, 3.05) is 9.80 Å². The zero-order valence-electron chi connectivity index (χ0n) is 70.6. The molecule has 606 valence electrons. The molecule has 0 aliphatic rings. The van der Waals surface area contributed by atoms with E-state index in [0.29, 0.717) is 0 Å². The average molecular weight is 1660 g/mol. The Bertz CT molecular complexity index is 8660. The van der Waals surface area contributed by atoms with E-state index in [1.807, 2.05) is 12.1 Å². The SMILES string of the molecule is c1ccc2c3ccccc3n(-c3ccccc3-c3ccccc3-c3ccc(N(c4ccc(-c5cccc(-c6ccc7oc8c(-c9cccc(N(c%10ccc(-c%11ccccc%11-c%11ccccc%11-n%11c%12ccccc%12c%12ccccc%12%11)cc%10)c%10ccccc%10-c%10ccc%11ccccc%11c%10)c9)cccc8c7c6)c5)cc4)c4cccc(-c5cccc6c5oc5ccccc56)c4)cc3)c2c#1. The largest absolute Gasteiger partial charge is 0.455 e. The van der Waals surface area contributed by atoms with Crippen molar-refractivity contribution in [3.05, 3.63) is 485 Å². The van der Waals surface area contributed by atoms with Crippen molar-refractivity contribution in [2.45, 2.75) is 0 Å². The van der Waals surface area contributed by atoms with Crippen molar-refractivity contribution in [2.24, 2.45) is 0 Å². The van der Waals surface area contributed by atoms with Crippen molar-refractivity contribution in [3.8, 4) is 112 Å². The lowest BCUT2D eigenvalue weighted by Crippen LogP contribution is -2.11. The van der Waals surface area contributed by atoms with Crippen LogP contribution in [0.4, 0.5) is 34.1 Å². The molecule has 21 aromatic carbocycles. The van der Waals surface area contributed by atoms with Gasteiger partial charge in [-0.3, -0.25) is 0 Å². The molecule has 0 aliphatic heterocycles. The van der Waals surface area contributed by atoms with E-state index in [4.69, 9.17) is 8.83 Å². The lowest BCUT2D eigenvalue weighted by Gasteiger charge is -2.28. The topological polar surface area (TPSA) is 42.6 Å². The maximum absolute atomic E-state index is 7.08. The highest BCUT2D eigenvalue weighted by atomic mass is 16.3. The Morgan fingerprint density at radius 1 is 0.200 bits per heavy atom. The van der Waals surface area contributed by atoms with E-state index < -0.39 is 0 Å². The smallest absolute Gasteiger partial charge is 0.143 e. The van der Waals surface area contributed by atoms with Crippen LogP contribution in [0.3, 0.4) is 0 Å². The summed E-state index contributed by atoms with van der Waals surface area (Å²) in [6.07, 6.45) is 0. The average Bonchev–Trinajstić information content (AvgIpc) is 1.53. The van der Waals surface area contributed by atoms with Gasteiger partial charge in [0.25, 0.3) is 0 Å². The van der Waals surface area contributed by atoms with Crippen LogP contribution in [-0.2, 0) is 0 Å². The molecule has 4 heterocycles. The lowest BCUT2D eigenvalue weighted by atomic mass is 9.93. The lowest BCUT2D eigenvalue weighted by molar-refractivity contribution is 0.669. The Hall–Kier alpha value is -17.5. The fraction of sp³-hybridized carbons (Fsp3) is 0. The first-order valence-corrected chi connectivity index (χ1v) is 44.3. The molecule has 0 fully saturated rings. The standard InChI is InChI=1S/C124H78N4O2/c1-2-29-85-77-91(61-60-81(85)28-1)99-38-7-15-52-114(99)126(94-73-66-84(67-74-94)98-37-4-6-40-103(98)105-42-9-17-54-116(105)128-119-57-20-12-45-108(119)109-46-13-21-58-120(109)128)96-35-25-33-90(79-96)101-49-27-51-112-113-80-88(68-75-122(113)130-124(101)112)87-31-23-30-86(76-87)82-62-69-92(70-63-82)125(95-34-24-32-89(78-95)100-48-26-50-111-110-47-14-22-59-121(110)129-123(100)111)93-71-64-83(65-72-93)97-36-3-5-39-102(97)104-41-8-16-53-115(104)127-117-55-18-10-43-106(117)107-44-11-19-56-118(107)127/h1-18,20-55,57-80H. The highest BCUT2D eigenvalue weighted by Crippen LogP contribution is 2.50. The van der Waals surface area contributed by atoms with Gasteiger partial charge >= 0.3 is 0 Å². The first-order chi connectivity index (χ1) is 64.5. The molecule has 25 aromatic rings. The number of nitrogens with zero attached hydrogens (tertiary/aromatic N) is 4. The van der Waals surface area contributed by atoms with E-state index in [1.165, 1.54) is 38.0 Å². The van der Waals surface area contributed by atoms with E-state index in [0.717, 1.165) is 206 Å². The molecular formula is C124H78N4O2. The number of hydrogen-bond acceptors (Lipinski definition) is 4. The summed E-state index contributed by atoms with van der Waals surface area (Å²) < 4.78 is 18.5. The number of hydrogen-bond donors (Lipinski definition) is 0. The Kier molecular flexibility index (Phi) is 18.1. The predicted molar refractivity (Wildman–Crippen MR) is 543 cm³/mol. The second-order valence-electron chi connectivity index (χ2n) is 33.6. The molecule has 130 heavy (non-hydrogen) atoms. The van der Waals surface area contributed by atoms with Crippen molar-refractivity contribution < 1.29 is 8.83 Å². The molecule has 0 atom stereocenters. The first kappa shape index (κ1) is 75.1. The third-order valence-electron chi connectivity index (χ3n) is 26.2. The van der Waals surface area contributed by atoms with Gasteiger partial charge in [-0.05, 0) is 229 Å². The molecule has 0 N–H and O–H groups in total. The number of benzene rings is 20. The van der Waals surface area contributed by atoms with E-state index in [-0.39, 0.29) is 0 Å². The number of rotatable bonds is 17. The Morgan fingerprint density at radius 2 is 0.600 bits per heavy atom. The van der Waals surface area contributed by atoms with Gasteiger partial charge in [-0.15, -0.1) is 0 Å². The molecule has 0 spiro atoms. The molecule has 0 bridgehead atoms. The van der Waals surface area contributed by atoms with Crippen molar-refractivity contribution >= 4 is 132 Å². The summed E-state index contributed by atoms with van der Waals surface area (Å²) in [6, 6.07) is 178. The summed E-state index contributed by atoms with van der Waals surface area (Å²) in [5, 5.41) is 11.5. The van der Waals surface area contributed by atoms with Crippen LogP contribution >= 0.6 is 0 Å². The minimum absolute atomic E-state index is 0.827. The van der Waals surface area contributed by atoms with Crippen molar-refractivity contribution in [3.63, 3.8) is 0 Å². The van der Waals surface area contributed by atoms with Gasteiger partial charge in [-0.1, -0.05) is 340 Å².